The second-order valence-electron chi connectivity index (χ2n) is 3.92. The lowest BCUT2D eigenvalue weighted by atomic mass is 10.0. The zero-order chi connectivity index (χ0) is 13.4. The van der Waals surface area contributed by atoms with Gasteiger partial charge in [0.15, 0.2) is 5.78 Å². The number of hydrogen-bond donors (Lipinski definition) is 0. The van der Waals surface area contributed by atoms with Gasteiger partial charge in [-0.3, -0.25) is 4.79 Å². The number of hydrogen-bond acceptors (Lipinski definition) is 4. The third-order valence-corrected chi connectivity index (χ3v) is 2.68. The van der Waals surface area contributed by atoms with Gasteiger partial charge in [0.1, 0.15) is 5.82 Å². The van der Waals surface area contributed by atoms with E-state index >= 15 is 0 Å². The van der Waals surface area contributed by atoms with Crippen LogP contribution in [-0.4, -0.2) is 25.6 Å². The molecule has 0 amide bonds. The number of tetrazole rings is 1. The summed E-state index contributed by atoms with van der Waals surface area (Å²) in [7, 11) is 1.44. The Morgan fingerprint density at radius 2 is 2.00 bits per heavy atom. The molecular formula is C11H11FN4O2. The maximum Gasteiger partial charge on any atom is 0.368 e. The number of halogens is 1. The van der Waals surface area contributed by atoms with Crippen LogP contribution in [0.3, 0.4) is 0 Å². The molecule has 7 heteroatoms. The predicted octanol–water partition coefficient (Wildman–Crippen LogP) is 0.616. The fourth-order valence-corrected chi connectivity index (χ4v) is 1.76. The van der Waals surface area contributed by atoms with Crippen molar-refractivity contribution < 1.29 is 9.18 Å². The van der Waals surface area contributed by atoms with E-state index in [0.717, 1.165) is 9.36 Å². The van der Waals surface area contributed by atoms with Crippen molar-refractivity contribution in [3.8, 4) is 5.69 Å². The van der Waals surface area contributed by atoms with Gasteiger partial charge in [0, 0.05) is 12.6 Å². The number of Topliss-reactive ketones (excluding diaryl/α,β-unsaturated/α-hetero) is 1. The van der Waals surface area contributed by atoms with E-state index in [2.05, 4.69) is 10.4 Å². The highest BCUT2D eigenvalue weighted by atomic mass is 19.1. The minimum Gasteiger partial charge on any atom is -0.294 e. The Hall–Kier alpha value is -2.31. The topological polar surface area (TPSA) is 69.8 Å². The van der Waals surface area contributed by atoms with E-state index in [1.54, 1.807) is 0 Å². The maximum atomic E-state index is 13.5. The van der Waals surface area contributed by atoms with Crippen molar-refractivity contribution in [2.45, 2.75) is 13.8 Å². The minimum atomic E-state index is -0.499. The molecule has 0 spiro atoms. The molecule has 0 aliphatic heterocycles. The zero-order valence-electron chi connectivity index (χ0n) is 10.1. The number of aromatic nitrogens is 4. The first-order chi connectivity index (χ1) is 8.43. The Balaban J connectivity index is 2.80. The van der Waals surface area contributed by atoms with Crippen LogP contribution in [0.4, 0.5) is 4.39 Å². The van der Waals surface area contributed by atoms with Crippen molar-refractivity contribution in [2.24, 2.45) is 7.05 Å². The van der Waals surface area contributed by atoms with Gasteiger partial charge >= 0.3 is 5.69 Å². The summed E-state index contributed by atoms with van der Waals surface area (Å²) in [6.45, 7) is 2.80. The van der Waals surface area contributed by atoms with E-state index in [-0.39, 0.29) is 22.6 Å². The molecule has 0 aliphatic carbocycles. The van der Waals surface area contributed by atoms with Crippen molar-refractivity contribution in [2.75, 3.05) is 0 Å². The largest absolute Gasteiger partial charge is 0.368 e. The monoisotopic (exact) mass is 250 g/mol. The molecule has 18 heavy (non-hydrogen) atoms. The Kier molecular flexibility index (Phi) is 2.82. The Bertz CT molecular complexity index is 687. The van der Waals surface area contributed by atoms with Gasteiger partial charge in [-0.05, 0) is 42.0 Å². The average Bonchev–Trinajstić information content (AvgIpc) is 2.63. The van der Waals surface area contributed by atoms with Crippen molar-refractivity contribution in [1.82, 2.24) is 19.8 Å². The summed E-state index contributed by atoms with van der Waals surface area (Å²) in [4.78, 5) is 23.3. The summed E-state index contributed by atoms with van der Waals surface area (Å²) < 4.78 is 15.5. The molecule has 0 bridgehead atoms. The van der Waals surface area contributed by atoms with E-state index in [0.29, 0.717) is 0 Å². The van der Waals surface area contributed by atoms with Crippen LogP contribution in [0.15, 0.2) is 16.9 Å². The lowest BCUT2D eigenvalue weighted by Gasteiger charge is -2.09. The summed E-state index contributed by atoms with van der Waals surface area (Å²) in [6, 6.07) is 2.54. The molecular weight excluding hydrogens is 239 g/mol. The van der Waals surface area contributed by atoms with Gasteiger partial charge in [-0.2, -0.15) is 9.36 Å². The van der Waals surface area contributed by atoms with Gasteiger partial charge in [0.25, 0.3) is 0 Å². The molecule has 0 unspecified atom stereocenters. The fraction of sp³-hybridized carbons (Fsp3) is 0.273. The van der Waals surface area contributed by atoms with Crippen LogP contribution >= 0.6 is 0 Å². The second-order valence-corrected chi connectivity index (χ2v) is 3.92. The Morgan fingerprint density at radius 1 is 1.33 bits per heavy atom. The van der Waals surface area contributed by atoms with E-state index < -0.39 is 11.5 Å². The normalized spacial score (nSPS) is 10.7. The summed E-state index contributed by atoms with van der Waals surface area (Å²) >= 11 is 0. The van der Waals surface area contributed by atoms with E-state index in [1.807, 2.05) is 0 Å². The van der Waals surface area contributed by atoms with E-state index in [9.17, 15) is 14.0 Å². The molecule has 0 atom stereocenters. The number of rotatable bonds is 2. The highest BCUT2D eigenvalue weighted by molar-refractivity contribution is 5.99. The van der Waals surface area contributed by atoms with Crippen LogP contribution in [0.1, 0.15) is 22.8 Å². The highest BCUT2D eigenvalue weighted by Crippen LogP contribution is 2.20. The van der Waals surface area contributed by atoms with Gasteiger partial charge < -0.3 is 0 Å². The molecule has 0 aliphatic rings. The molecule has 0 saturated heterocycles. The molecule has 0 radical (unpaired) electrons. The fourth-order valence-electron chi connectivity index (χ4n) is 1.76. The first-order valence-electron chi connectivity index (χ1n) is 5.23. The van der Waals surface area contributed by atoms with Gasteiger partial charge in [0.2, 0.25) is 0 Å². The standard InChI is InChI=1S/C11H11FN4O2/c1-6-8(12)4-5-9(10(6)7(2)17)16-11(18)15(3)13-14-16/h4-5H,1-3H3. The molecule has 2 rings (SSSR count). The highest BCUT2D eigenvalue weighted by Gasteiger charge is 2.18. The SMILES string of the molecule is CC(=O)c1c(-n2nnn(C)c2=O)ccc(F)c1C. The van der Waals surface area contributed by atoms with Gasteiger partial charge in [-0.25, -0.2) is 9.18 Å². The van der Waals surface area contributed by atoms with Crippen LogP contribution in [-0.2, 0) is 7.05 Å². The van der Waals surface area contributed by atoms with Crippen LogP contribution < -0.4 is 5.69 Å². The summed E-state index contributed by atoms with van der Waals surface area (Å²) in [5.74, 6) is -0.833. The molecule has 1 aromatic carbocycles. The van der Waals surface area contributed by atoms with Crippen molar-refractivity contribution in [1.29, 1.82) is 0 Å². The molecule has 0 saturated carbocycles. The number of nitrogens with zero attached hydrogens (tertiary/aromatic N) is 4. The lowest BCUT2D eigenvalue weighted by Crippen LogP contribution is -2.23. The molecule has 1 heterocycles. The third-order valence-electron chi connectivity index (χ3n) is 2.68. The maximum absolute atomic E-state index is 13.5. The third kappa shape index (κ3) is 1.73. The van der Waals surface area contributed by atoms with Gasteiger partial charge in [0.05, 0.1) is 5.69 Å². The predicted molar refractivity (Wildman–Crippen MR) is 61.3 cm³/mol. The number of benzene rings is 1. The van der Waals surface area contributed by atoms with Crippen LogP contribution in [0.5, 0.6) is 0 Å². The van der Waals surface area contributed by atoms with Crippen LogP contribution in [0.25, 0.3) is 5.69 Å². The molecule has 0 N–H and O–H groups in total. The van der Waals surface area contributed by atoms with Crippen molar-refractivity contribution in [3.63, 3.8) is 0 Å². The van der Waals surface area contributed by atoms with E-state index in [4.69, 9.17) is 0 Å². The lowest BCUT2D eigenvalue weighted by molar-refractivity contribution is 0.101. The summed E-state index contributed by atoms with van der Waals surface area (Å²) in [5.41, 5.74) is 0.0677. The smallest absolute Gasteiger partial charge is 0.294 e. The molecule has 0 fully saturated rings. The molecule has 1 aromatic heterocycles. The van der Waals surface area contributed by atoms with Crippen LogP contribution in [0.2, 0.25) is 0 Å². The minimum absolute atomic E-state index is 0.137. The Labute approximate surface area is 102 Å². The summed E-state index contributed by atoms with van der Waals surface area (Å²) in [5, 5.41) is 7.20. The van der Waals surface area contributed by atoms with Crippen molar-refractivity contribution >= 4 is 5.78 Å². The number of carbonyl (C=O) groups is 1. The molecule has 2 aromatic rings. The van der Waals surface area contributed by atoms with Crippen LogP contribution in [0, 0.1) is 12.7 Å². The van der Waals surface area contributed by atoms with Gasteiger partial charge in [-0.1, -0.05) is 0 Å². The zero-order valence-corrected chi connectivity index (χ0v) is 10.1. The van der Waals surface area contributed by atoms with E-state index in [1.165, 1.54) is 33.0 Å². The average molecular weight is 250 g/mol. The molecule has 94 valence electrons. The summed E-state index contributed by atoms with van der Waals surface area (Å²) in [6.07, 6.45) is 0. The van der Waals surface area contributed by atoms with Crippen molar-refractivity contribution in [3.05, 3.63) is 39.6 Å². The second kappa shape index (κ2) is 4.17. The number of carbonyl (C=O) groups excluding carboxylic acids is 1. The Morgan fingerprint density at radius 3 is 2.50 bits per heavy atom. The molecule has 6 nitrogen and oxygen atoms in total. The number of aryl methyl sites for hydroxylation is 1. The quantitative estimate of drug-likeness (QED) is 0.732. The van der Waals surface area contributed by atoms with Gasteiger partial charge in [-0.15, -0.1) is 0 Å². The number of ketones is 1. The first kappa shape index (κ1) is 12.2. The first-order valence-corrected chi connectivity index (χ1v) is 5.23.